The van der Waals surface area contributed by atoms with E-state index in [4.69, 9.17) is 4.74 Å². The lowest BCUT2D eigenvalue weighted by Crippen LogP contribution is -2.49. The molecule has 1 aromatic heterocycles. The number of halogens is 1. The molecule has 0 bridgehead atoms. The van der Waals surface area contributed by atoms with E-state index in [2.05, 4.69) is 15.0 Å². The molecule has 10 heteroatoms. The van der Waals surface area contributed by atoms with Crippen LogP contribution in [-0.4, -0.2) is 37.0 Å². The first-order chi connectivity index (χ1) is 15.2. The summed E-state index contributed by atoms with van der Waals surface area (Å²) in [6, 6.07) is 9.46. The third-order valence-corrected chi connectivity index (χ3v) is 6.32. The van der Waals surface area contributed by atoms with Crippen molar-refractivity contribution in [2.45, 2.75) is 31.3 Å². The number of imidazole rings is 1. The average molecular weight is 461 g/mol. The number of hydrogen-bond donors (Lipinski definition) is 2. The molecule has 1 heterocycles. The molecule has 1 amide bonds. The number of nitrogens with zero attached hydrogens (tertiary/aromatic N) is 2. The van der Waals surface area contributed by atoms with Gasteiger partial charge in [0, 0.05) is 18.9 Å². The molecule has 1 atom stereocenters. The number of ether oxygens (including phenoxy) is 1. The van der Waals surface area contributed by atoms with Crippen molar-refractivity contribution in [2.24, 2.45) is 5.92 Å². The first kappa shape index (κ1) is 23.4. The van der Waals surface area contributed by atoms with Crippen LogP contribution in [0.15, 0.2) is 66.1 Å². The number of amides is 1. The van der Waals surface area contributed by atoms with E-state index >= 15 is 0 Å². The molecule has 32 heavy (non-hydrogen) atoms. The number of sulfonamides is 1. The van der Waals surface area contributed by atoms with Gasteiger partial charge in [0.25, 0.3) is 0 Å². The number of hydrogen-bond acceptors (Lipinski definition) is 5. The second kappa shape index (κ2) is 9.92. The van der Waals surface area contributed by atoms with Gasteiger partial charge < -0.3 is 14.6 Å². The highest BCUT2D eigenvalue weighted by atomic mass is 32.2. The zero-order valence-corrected chi connectivity index (χ0v) is 18.8. The molecule has 0 saturated heterocycles. The van der Waals surface area contributed by atoms with Crippen LogP contribution in [0, 0.1) is 11.7 Å². The van der Waals surface area contributed by atoms with Gasteiger partial charge in [-0.3, -0.25) is 4.79 Å². The van der Waals surface area contributed by atoms with Gasteiger partial charge in [0.15, 0.2) is 0 Å². The fraction of sp³-hybridized carbons (Fsp3) is 0.273. The molecule has 0 aliphatic heterocycles. The van der Waals surface area contributed by atoms with Crippen molar-refractivity contribution in [1.29, 1.82) is 0 Å². The predicted octanol–water partition coefficient (Wildman–Crippen LogP) is 2.64. The highest BCUT2D eigenvalue weighted by Crippen LogP contribution is 2.18. The molecule has 2 N–H and O–H groups in total. The van der Waals surface area contributed by atoms with Gasteiger partial charge in [0.05, 0.1) is 24.0 Å². The van der Waals surface area contributed by atoms with Crippen LogP contribution in [0.25, 0.3) is 5.69 Å². The highest BCUT2D eigenvalue weighted by Gasteiger charge is 2.28. The summed E-state index contributed by atoms with van der Waals surface area (Å²) in [5.41, 5.74) is 0.880. The zero-order chi connectivity index (χ0) is 23.3. The Morgan fingerprint density at radius 2 is 1.91 bits per heavy atom. The van der Waals surface area contributed by atoms with Crippen LogP contribution in [0.1, 0.15) is 19.4 Å². The molecule has 170 valence electrons. The SMILES string of the molecule is COc1ccc(S(=O)(=O)N[C@H](C(=O)NCc2ccc(-n3ccnc3)c(F)c2)C(C)C)cc1. The number of nitrogens with one attached hydrogen (secondary N) is 2. The Bertz CT molecular complexity index is 1160. The molecule has 0 aliphatic rings. The zero-order valence-electron chi connectivity index (χ0n) is 17.9. The predicted molar refractivity (Wildman–Crippen MR) is 117 cm³/mol. The summed E-state index contributed by atoms with van der Waals surface area (Å²) in [6.07, 6.45) is 4.66. The van der Waals surface area contributed by atoms with Gasteiger partial charge in [-0.25, -0.2) is 17.8 Å². The smallest absolute Gasteiger partial charge is 0.241 e. The normalized spacial score (nSPS) is 12.5. The standard InChI is InChI=1S/C22H25FN4O4S/c1-15(2)21(26-32(29,30)18-7-5-17(31-3)6-8-18)22(28)25-13-16-4-9-20(19(23)12-16)27-11-10-24-14-27/h4-12,14-15,21,26H,13H2,1-3H3,(H,25,28)/t21-/m0/s1. The van der Waals surface area contributed by atoms with Crippen molar-refractivity contribution >= 4 is 15.9 Å². The minimum absolute atomic E-state index is 0.0221. The van der Waals surface area contributed by atoms with E-state index in [1.54, 1.807) is 42.9 Å². The van der Waals surface area contributed by atoms with Crippen LogP contribution in [-0.2, 0) is 21.4 Å². The number of aromatic nitrogens is 2. The van der Waals surface area contributed by atoms with Crippen molar-refractivity contribution in [3.8, 4) is 11.4 Å². The lowest BCUT2D eigenvalue weighted by atomic mass is 10.0. The van der Waals surface area contributed by atoms with Crippen LogP contribution in [0.3, 0.4) is 0 Å². The third-order valence-electron chi connectivity index (χ3n) is 4.86. The lowest BCUT2D eigenvalue weighted by Gasteiger charge is -2.22. The Kier molecular flexibility index (Phi) is 7.26. The van der Waals surface area contributed by atoms with Crippen LogP contribution in [0.4, 0.5) is 4.39 Å². The van der Waals surface area contributed by atoms with Crippen molar-refractivity contribution in [3.63, 3.8) is 0 Å². The molecule has 0 unspecified atom stereocenters. The average Bonchev–Trinajstić information content (AvgIpc) is 3.30. The van der Waals surface area contributed by atoms with Gasteiger partial charge in [0.1, 0.15) is 17.6 Å². The summed E-state index contributed by atoms with van der Waals surface area (Å²) in [4.78, 5) is 16.7. The van der Waals surface area contributed by atoms with Gasteiger partial charge in [-0.2, -0.15) is 4.72 Å². The molecule has 0 saturated carbocycles. The molecule has 3 rings (SSSR count). The maximum absolute atomic E-state index is 14.4. The molecule has 8 nitrogen and oxygen atoms in total. The Hall–Kier alpha value is -3.24. The van der Waals surface area contributed by atoms with Gasteiger partial charge >= 0.3 is 0 Å². The fourth-order valence-corrected chi connectivity index (χ4v) is 4.40. The first-order valence-electron chi connectivity index (χ1n) is 9.92. The van der Waals surface area contributed by atoms with Crippen molar-refractivity contribution < 1.29 is 22.3 Å². The summed E-state index contributed by atoms with van der Waals surface area (Å²) in [5.74, 6) is -0.761. The second-order valence-electron chi connectivity index (χ2n) is 7.49. The molecule has 2 aromatic carbocycles. The number of carbonyl (C=O) groups excluding carboxylic acids is 1. The maximum atomic E-state index is 14.4. The number of methoxy groups -OCH3 is 1. The third kappa shape index (κ3) is 5.51. The molecule has 0 fully saturated rings. The summed E-state index contributed by atoms with van der Waals surface area (Å²) in [6.45, 7) is 3.52. The van der Waals surface area contributed by atoms with E-state index < -0.39 is 27.8 Å². The number of rotatable bonds is 9. The summed E-state index contributed by atoms with van der Waals surface area (Å²) in [5, 5.41) is 2.68. The number of carbonyl (C=O) groups is 1. The van der Waals surface area contributed by atoms with Crippen LogP contribution in [0.5, 0.6) is 5.75 Å². The Labute approximate surface area is 186 Å². The second-order valence-corrected chi connectivity index (χ2v) is 9.21. The van der Waals surface area contributed by atoms with E-state index in [0.717, 1.165) is 0 Å². The van der Waals surface area contributed by atoms with Gasteiger partial charge in [0.2, 0.25) is 15.9 Å². The highest BCUT2D eigenvalue weighted by molar-refractivity contribution is 7.89. The molecular formula is C22H25FN4O4S. The van der Waals surface area contributed by atoms with Crippen molar-refractivity contribution in [3.05, 3.63) is 72.6 Å². The Balaban J connectivity index is 1.68. The quantitative estimate of drug-likeness (QED) is 0.511. The largest absolute Gasteiger partial charge is 0.497 e. The fourth-order valence-electron chi connectivity index (χ4n) is 3.05. The van der Waals surface area contributed by atoms with Crippen molar-refractivity contribution in [1.82, 2.24) is 19.6 Å². The first-order valence-corrected chi connectivity index (χ1v) is 11.4. The Morgan fingerprint density at radius 3 is 2.47 bits per heavy atom. The van der Waals surface area contributed by atoms with E-state index in [0.29, 0.717) is 17.0 Å². The van der Waals surface area contributed by atoms with E-state index in [1.165, 1.54) is 43.8 Å². The Morgan fingerprint density at radius 1 is 1.19 bits per heavy atom. The van der Waals surface area contributed by atoms with E-state index in [1.807, 2.05) is 0 Å². The lowest BCUT2D eigenvalue weighted by molar-refractivity contribution is -0.123. The minimum atomic E-state index is -3.93. The molecule has 3 aromatic rings. The van der Waals surface area contributed by atoms with Crippen LogP contribution in [0.2, 0.25) is 0 Å². The molecule has 0 aliphatic carbocycles. The van der Waals surface area contributed by atoms with Gasteiger partial charge in [-0.15, -0.1) is 0 Å². The van der Waals surface area contributed by atoms with E-state index in [-0.39, 0.29) is 17.4 Å². The maximum Gasteiger partial charge on any atom is 0.241 e. The van der Waals surface area contributed by atoms with Crippen LogP contribution >= 0.6 is 0 Å². The van der Waals surface area contributed by atoms with Crippen molar-refractivity contribution in [2.75, 3.05) is 7.11 Å². The van der Waals surface area contributed by atoms with Gasteiger partial charge in [-0.1, -0.05) is 19.9 Å². The molecular weight excluding hydrogens is 435 g/mol. The summed E-state index contributed by atoms with van der Waals surface area (Å²) >= 11 is 0. The summed E-state index contributed by atoms with van der Waals surface area (Å²) in [7, 11) is -2.45. The minimum Gasteiger partial charge on any atom is -0.497 e. The summed E-state index contributed by atoms with van der Waals surface area (Å²) < 4.78 is 48.9. The molecule has 0 spiro atoms. The topological polar surface area (TPSA) is 102 Å². The monoisotopic (exact) mass is 460 g/mol. The van der Waals surface area contributed by atoms with Gasteiger partial charge in [-0.05, 0) is 47.9 Å². The van der Waals surface area contributed by atoms with Crippen LogP contribution < -0.4 is 14.8 Å². The molecule has 0 radical (unpaired) electrons. The number of benzene rings is 2. The van der Waals surface area contributed by atoms with E-state index in [9.17, 15) is 17.6 Å².